The number of ketones is 1. The van der Waals surface area contributed by atoms with Crippen molar-refractivity contribution in [3.8, 4) is 0 Å². The van der Waals surface area contributed by atoms with Gasteiger partial charge >= 0.3 is 0 Å². The molecule has 0 aliphatic heterocycles. The van der Waals surface area contributed by atoms with E-state index in [2.05, 4.69) is 22.0 Å². The second-order valence-electron chi connectivity index (χ2n) is 5.30. The molecular weight excluding hydrogens is 355 g/mol. The number of rotatable bonds is 2. The standard InChI is InChI=1S/C17H13BrClFO/c18-14-8-7-13(16(20)15(14)19)17(21)12-6-5-10-3-1-2-4-11(10)9-12/h1-4,7-8,12H,5-6,9H2. The summed E-state index contributed by atoms with van der Waals surface area (Å²) in [5, 5.41) is -0.0305. The fourth-order valence-electron chi connectivity index (χ4n) is 2.86. The van der Waals surface area contributed by atoms with Gasteiger partial charge in [-0.25, -0.2) is 4.39 Å². The maximum absolute atomic E-state index is 14.2. The number of hydrogen-bond donors (Lipinski definition) is 0. The maximum atomic E-state index is 14.2. The van der Waals surface area contributed by atoms with Crippen LogP contribution >= 0.6 is 27.5 Å². The Morgan fingerprint density at radius 2 is 1.90 bits per heavy atom. The molecule has 2 aromatic rings. The van der Waals surface area contributed by atoms with Crippen LogP contribution in [0.1, 0.15) is 27.9 Å². The summed E-state index contributed by atoms with van der Waals surface area (Å²) < 4.78 is 14.6. The summed E-state index contributed by atoms with van der Waals surface area (Å²) >= 11 is 9.04. The third-order valence-electron chi connectivity index (χ3n) is 4.02. The van der Waals surface area contributed by atoms with E-state index in [4.69, 9.17) is 11.6 Å². The second-order valence-corrected chi connectivity index (χ2v) is 6.53. The number of carbonyl (C=O) groups is 1. The Labute approximate surface area is 136 Å². The van der Waals surface area contributed by atoms with E-state index in [0.29, 0.717) is 10.9 Å². The van der Waals surface area contributed by atoms with Gasteiger partial charge < -0.3 is 0 Å². The molecule has 0 fully saturated rings. The van der Waals surface area contributed by atoms with Gasteiger partial charge in [0.2, 0.25) is 0 Å². The van der Waals surface area contributed by atoms with E-state index in [9.17, 15) is 9.18 Å². The van der Waals surface area contributed by atoms with E-state index in [1.165, 1.54) is 17.2 Å². The molecule has 21 heavy (non-hydrogen) atoms. The van der Waals surface area contributed by atoms with Crippen LogP contribution in [0.2, 0.25) is 5.02 Å². The monoisotopic (exact) mass is 366 g/mol. The van der Waals surface area contributed by atoms with Crippen molar-refractivity contribution in [1.82, 2.24) is 0 Å². The Bertz CT molecular complexity index is 714. The van der Waals surface area contributed by atoms with Crippen molar-refractivity contribution >= 4 is 33.3 Å². The van der Waals surface area contributed by atoms with Gasteiger partial charge in [-0.05, 0) is 58.5 Å². The number of carbonyl (C=O) groups excluding carboxylic acids is 1. The van der Waals surface area contributed by atoms with Crippen LogP contribution in [0, 0.1) is 11.7 Å². The van der Waals surface area contributed by atoms with Crippen molar-refractivity contribution < 1.29 is 9.18 Å². The summed E-state index contributed by atoms with van der Waals surface area (Å²) in [4.78, 5) is 12.6. The molecule has 0 N–H and O–H groups in total. The molecule has 0 radical (unpaired) electrons. The molecule has 1 aliphatic carbocycles. The Kier molecular flexibility index (Phi) is 4.14. The molecule has 0 heterocycles. The fourth-order valence-corrected chi connectivity index (χ4v) is 3.33. The highest BCUT2D eigenvalue weighted by Crippen LogP contribution is 2.32. The molecule has 0 aromatic heterocycles. The Morgan fingerprint density at radius 1 is 1.19 bits per heavy atom. The summed E-state index contributed by atoms with van der Waals surface area (Å²) in [5.41, 5.74) is 2.56. The molecule has 1 nitrogen and oxygen atoms in total. The smallest absolute Gasteiger partial charge is 0.169 e. The molecule has 0 bridgehead atoms. The van der Waals surface area contributed by atoms with Crippen LogP contribution in [-0.2, 0) is 12.8 Å². The largest absolute Gasteiger partial charge is 0.294 e. The van der Waals surface area contributed by atoms with Crippen LogP contribution in [-0.4, -0.2) is 5.78 Å². The van der Waals surface area contributed by atoms with Crippen LogP contribution in [0.5, 0.6) is 0 Å². The normalized spacial score (nSPS) is 17.4. The van der Waals surface area contributed by atoms with Crippen LogP contribution in [0.25, 0.3) is 0 Å². The zero-order valence-electron chi connectivity index (χ0n) is 11.2. The lowest BCUT2D eigenvalue weighted by atomic mass is 9.80. The van der Waals surface area contributed by atoms with Crippen molar-refractivity contribution in [2.75, 3.05) is 0 Å². The van der Waals surface area contributed by atoms with Gasteiger partial charge in [0.1, 0.15) is 0 Å². The SMILES string of the molecule is O=C(c1ccc(Br)c(Cl)c1F)C1CCc2ccccc2C1. The Morgan fingerprint density at radius 3 is 2.67 bits per heavy atom. The number of aryl methyl sites for hydroxylation is 1. The Balaban J connectivity index is 1.89. The van der Waals surface area contributed by atoms with E-state index >= 15 is 0 Å². The third-order valence-corrected chi connectivity index (χ3v) is 5.28. The molecule has 1 aliphatic rings. The minimum absolute atomic E-state index is 0.0305. The van der Waals surface area contributed by atoms with Crippen molar-refractivity contribution in [3.63, 3.8) is 0 Å². The van der Waals surface area contributed by atoms with Crippen molar-refractivity contribution in [2.45, 2.75) is 19.3 Å². The first-order chi connectivity index (χ1) is 10.1. The number of halogens is 3. The highest BCUT2D eigenvalue weighted by atomic mass is 79.9. The van der Waals surface area contributed by atoms with Gasteiger partial charge in [0.05, 0.1) is 10.6 Å². The first-order valence-corrected chi connectivity index (χ1v) is 7.99. The number of fused-ring (bicyclic) bond motifs is 1. The molecule has 1 atom stereocenters. The number of hydrogen-bond acceptors (Lipinski definition) is 1. The van der Waals surface area contributed by atoms with Crippen molar-refractivity contribution in [1.29, 1.82) is 0 Å². The minimum atomic E-state index is -0.630. The van der Waals surface area contributed by atoms with Gasteiger partial charge in [-0.15, -0.1) is 0 Å². The highest BCUT2D eigenvalue weighted by Gasteiger charge is 2.28. The molecule has 0 spiro atoms. The molecule has 0 amide bonds. The maximum Gasteiger partial charge on any atom is 0.169 e. The molecule has 108 valence electrons. The zero-order chi connectivity index (χ0) is 15.0. The van der Waals surface area contributed by atoms with E-state index < -0.39 is 5.82 Å². The molecule has 0 saturated heterocycles. The van der Waals surface area contributed by atoms with Crippen LogP contribution in [0.15, 0.2) is 40.9 Å². The van der Waals surface area contributed by atoms with Crippen LogP contribution in [0.3, 0.4) is 0 Å². The average Bonchev–Trinajstić information content (AvgIpc) is 2.52. The van der Waals surface area contributed by atoms with Gasteiger partial charge in [-0.1, -0.05) is 35.9 Å². The van der Waals surface area contributed by atoms with Gasteiger partial charge in [-0.3, -0.25) is 4.79 Å². The van der Waals surface area contributed by atoms with Gasteiger partial charge in [-0.2, -0.15) is 0 Å². The quantitative estimate of drug-likeness (QED) is 0.525. The van der Waals surface area contributed by atoms with Gasteiger partial charge in [0.25, 0.3) is 0 Å². The minimum Gasteiger partial charge on any atom is -0.294 e. The van der Waals surface area contributed by atoms with Gasteiger partial charge in [0.15, 0.2) is 11.6 Å². The van der Waals surface area contributed by atoms with E-state index in [0.717, 1.165) is 12.8 Å². The van der Waals surface area contributed by atoms with Crippen molar-refractivity contribution in [3.05, 3.63) is 68.4 Å². The molecule has 4 heteroatoms. The highest BCUT2D eigenvalue weighted by molar-refractivity contribution is 9.10. The lowest BCUT2D eigenvalue weighted by Crippen LogP contribution is -2.23. The average molecular weight is 368 g/mol. The molecule has 3 rings (SSSR count). The van der Waals surface area contributed by atoms with E-state index in [1.807, 2.05) is 18.2 Å². The lowest BCUT2D eigenvalue weighted by molar-refractivity contribution is 0.0904. The predicted octanol–water partition coefficient (Wildman–Crippen LogP) is 5.23. The van der Waals surface area contributed by atoms with Crippen LogP contribution in [0.4, 0.5) is 4.39 Å². The molecule has 2 aromatic carbocycles. The second kappa shape index (κ2) is 5.90. The summed E-state index contributed by atoms with van der Waals surface area (Å²) in [6.45, 7) is 0. The summed E-state index contributed by atoms with van der Waals surface area (Å²) in [5.74, 6) is -0.960. The lowest BCUT2D eigenvalue weighted by Gasteiger charge is -2.23. The zero-order valence-corrected chi connectivity index (χ0v) is 13.5. The first-order valence-electron chi connectivity index (χ1n) is 6.82. The van der Waals surface area contributed by atoms with Crippen LogP contribution < -0.4 is 0 Å². The molecule has 1 unspecified atom stereocenters. The third kappa shape index (κ3) is 2.77. The van der Waals surface area contributed by atoms with E-state index in [1.54, 1.807) is 6.07 Å². The van der Waals surface area contributed by atoms with Crippen molar-refractivity contribution in [2.24, 2.45) is 5.92 Å². The fraction of sp³-hybridized carbons (Fsp3) is 0.235. The number of Topliss-reactive ketones (excluding diaryl/α,β-unsaturated/α-hetero) is 1. The molecule has 0 saturated carbocycles. The summed E-state index contributed by atoms with van der Waals surface area (Å²) in [7, 11) is 0. The number of benzene rings is 2. The van der Waals surface area contributed by atoms with Gasteiger partial charge in [0, 0.05) is 10.4 Å². The Hall–Kier alpha value is -1.19. The predicted molar refractivity (Wildman–Crippen MR) is 85.4 cm³/mol. The summed E-state index contributed by atoms with van der Waals surface area (Å²) in [6.07, 6.45) is 2.28. The van der Waals surface area contributed by atoms with E-state index in [-0.39, 0.29) is 22.3 Å². The first kappa shape index (κ1) is 14.7. The topological polar surface area (TPSA) is 17.1 Å². The molecular formula is C17H13BrClFO. The summed E-state index contributed by atoms with van der Waals surface area (Å²) in [6, 6.07) is 11.2.